The fourth-order valence-electron chi connectivity index (χ4n) is 5.64. The van der Waals surface area contributed by atoms with Gasteiger partial charge in [-0.3, -0.25) is 19.3 Å². The molecule has 1 fully saturated rings. The minimum absolute atomic E-state index is 0.169. The van der Waals surface area contributed by atoms with E-state index in [0.717, 1.165) is 15.6 Å². The Morgan fingerprint density at radius 1 is 0.905 bits per heavy atom. The van der Waals surface area contributed by atoms with E-state index in [-0.39, 0.29) is 35.0 Å². The molecule has 1 aromatic heterocycles. The third-order valence-corrected chi connectivity index (χ3v) is 8.38. The second-order valence-electron chi connectivity index (χ2n) is 10.8. The molecular weight excluding hydrogens is 596 g/mol. The van der Waals surface area contributed by atoms with Crippen molar-refractivity contribution >= 4 is 56.1 Å². The summed E-state index contributed by atoms with van der Waals surface area (Å²) in [7, 11) is 0. The zero-order chi connectivity index (χ0) is 29.5. The molecular formula is C34H27BrN2O5. The van der Waals surface area contributed by atoms with Gasteiger partial charge in [0.1, 0.15) is 0 Å². The Bertz CT molecular complexity index is 1770. The maximum absolute atomic E-state index is 13.4. The molecule has 2 amide bonds. The van der Waals surface area contributed by atoms with Crippen LogP contribution in [0.5, 0.6) is 0 Å². The highest BCUT2D eigenvalue weighted by atomic mass is 79.9. The largest absolute Gasteiger partial charge is 0.454 e. The number of Topliss-reactive ketones (excluding diaryl/α,β-unsaturated/α-hetero) is 1. The molecule has 42 heavy (non-hydrogen) atoms. The molecule has 210 valence electrons. The number of amides is 2. The first kappa shape index (κ1) is 27.7. The molecule has 7 nitrogen and oxygen atoms in total. The van der Waals surface area contributed by atoms with E-state index in [1.807, 2.05) is 44.2 Å². The monoisotopic (exact) mass is 622 g/mol. The van der Waals surface area contributed by atoms with Gasteiger partial charge in [0, 0.05) is 21.0 Å². The van der Waals surface area contributed by atoms with Crippen LogP contribution in [0.15, 0.2) is 83.4 Å². The average Bonchev–Trinajstić information content (AvgIpc) is 3.25. The number of pyridine rings is 1. The highest BCUT2D eigenvalue weighted by Gasteiger charge is 2.47. The fraction of sp³-hybridized carbons (Fsp3) is 0.206. The number of aryl methyl sites for hydroxylation is 2. The van der Waals surface area contributed by atoms with Gasteiger partial charge in [-0.05, 0) is 62.6 Å². The summed E-state index contributed by atoms with van der Waals surface area (Å²) in [5, 5.41) is 0.597. The van der Waals surface area contributed by atoms with Gasteiger partial charge < -0.3 is 4.74 Å². The van der Waals surface area contributed by atoms with E-state index in [0.29, 0.717) is 46.3 Å². The number of ether oxygens (including phenoxy) is 1. The molecule has 4 aromatic rings. The first-order chi connectivity index (χ1) is 20.2. The van der Waals surface area contributed by atoms with E-state index < -0.39 is 12.6 Å². The minimum atomic E-state index is -0.636. The number of ketones is 1. The molecule has 0 N–H and O–H groups in total. The van der Waals surface area contributed by atoms with Crippen molar-refractivity contribution in [3.8, 4) is 11.3 Å². The number of carbonyl (C=O) groups excluding carboxylic acids is 4. The molecule has 0 bridgehead atoms. The molecule has 2 aliphatic rings. The summed E-state index contributed by atoms with van der Waals surface area (Å²) in [5.74, 6) is -1.88. The van der Waals surface area contributed by atoms with Gasteiger partial charge in [-0.15, -0.1) is 0 Å². The lowest BCUT2D eigenvalue weighted by atomic mass is 9.85. The quantitative estimate of drug-likeness (QED) is 0.102. The van der Waals surface area contributed by atoms with Crippen molar-refractivity contribution in [3.05, 3.63) is 106 Å². The second-order valence-corrected chi connectivity index (χ2v) is 11.7. The van der Waals surface area contributed by atoms with Gasteiger partial charge >= 0.3 is 5.97 Å². The van der Waals surface area contributed by atoms with E-state index in [1.54, 1.807) is 48.5 Å². The van der Waals surface area contributed by atoms with Crippen molar-refractivity contribution in [2.45, 2.75) is 26.7 Å². The topological polar surface area (TPSA) is 93.6 Å². The van der Waals surface area contributed by atoms with Crippen LogP contribution in [0, 0.1) is 25.7 Å². The van der Waals surface area contributed by atoms with Gasteiger partial charge in [0.15, 0.2) is 12.4 Å². The van der Waals surface area contributed by atoms with Crippen molar-refractivity contribution in [2.75, 3.05) is 11.5 Å². The second kappa shape index (κ2) is 11.1. The van der Waals surface area contributed by atoms with Crippen molar-refractivity contribution < 1.29 is 23.9 Å². The van der Waals surface area contributed by atoms with Crippen molar-refractivity contribution in [1.29, 1.82) is 0 Å². The Kier molecular flexibility index (Phi) is 7.33. The molecule has 0 spiro atoms. The van der Waals surface area contributed by atoms with Gasteiger partial charge in [0.05, 0.1) is 34.3 Å². The number of nitrogens with zero attached hydrogens (tertiary/aromatic N) is 2. The lowest BCUT2D eigenvalue weighted by molar-refractivity contribution is -0.122. The first-order valence-electron chi connectivity index (χ1n) is 13.7. The highest BCUT2D eigenvalue weighted by molar-refractivity contribution is 9.10. The predicted molar refractivity (Wildman–Crippen MR) is 163 cm³/mol. The van der Waals surface area contributed by atoms with E-state index >= 15 is 0 Å². The Morgan fingerprint density at radius 2 is 1.55 bits per heavy atom. The normalized spacial score (nSPS) is 17.9. The van der Waals surface area contributed by atoms with E-state index in [4.69, 9.17) is 9.72 Å². The van der Waals surface area contributed by atoms with Gasteiger partial charge in [0.25, 0.3) is 0 Å². The van der Waals surface area contributed by atoms with Gasteiger partial charge in [-0.25, -0.2) is 9.78 Å². The van der Waals surface area contributed by atoms with E-state index in [2.05, 4.69) is 15.9 Å². The number of halogens is 1. The Hall–Kier alpha value is -4.43. The maximum Gasteiger partial charge on any atom is 0.339 e. The van der Waals surface area contributed by atoms with Gasteiger partial charge in [-0.2, -0.15) is 0 Å². The molecule has 1 aliphatic carbocycles. The molecule has 0 radical (unpaired) electrons. The molecule has 6 rings (SSSR count). The first-order valence-corrected chi connectivity index (χ1v) is 14.5. The SMILES string of the molecule is Cc1ccc(C(=O)COC(=O)c2cc(-c3ccc(N4C(=O)C5CC=CCC5C4=O)cc3)nc3c(C)cc(Br)cc23)cc1. The zero-order valence-electron chi connectivity index (χ0n) is 23.1. The summed E-state index contributed by atoms with van der Waals surface area (Å²) in [5.41, 5.74) is 4.99. The van der Waals surface area contributed by atoms with Crippen LogP contribution in [0.2, 0.25) is 0 Å². The number of hydrogen-bond donors (Lipinski definition) is 0. The lowest BCUT2D eigenvalue weighted by Gasteiger charge is -2.16. The van der Waals surface area contributed by atoms with Gasteiger partial charge in [0.2, 0.25) is 11.8 Å². The Labute approximate surface area is 251 Å². The standard InChI is InChI=1S/C34H27BrN2O5/c1-19-7-9-22(10-8-19)30(38)18-42-34(41)28-17-29(36-31-20(2)15-23(35)16-27(28)31)21-11-13-24(14-12-21)37-32(39)25-5-3-4-6-26(25)33(37)40/h3-4,7-17,25-26H,5-6,18H2,1-2H3. The van der Waals surface area contributed by atoms with E-state index in [9.17, 15) is 19.2 Å². The number of anilines is 1. The van der Waals surface area contributed by atoms with Crippen molar-refractivity contribution in [2.24, 2.45) is 11.8 Å². The predicted octanol–water partition coefficient (Wildman–Crippen LogP) is 6.78. The summed E-state index contributed by atoms with van der Waals surface area (Å²) < 4.78 is 6.28. The number of esters is 1. The molecule has 2 atom stereocenters. The van der Waals surface area contributed by atoms with Crippen LogP contribution < -0.4 is 4.90 Å². The summed E-state index contributed by atoms with van der Waals surface area (Å²) >= 11 is 3.50. The summed E-state index contributed by atoms with van der Waals surface area (Å²) in [6, 6.07) is 19.5. The Balaban J connectivity index is 1.31. The number of imide groups is 1. The van der Waals surface area contributed by atoms with E-state index in [1.165, 1.54) is 4.90 Å². The molecule has 3 aromatic carbocycles. The van der Waals surface area contributed by atoms with Crippen LogP contribution >= 0.6 is 15.9 Å². The molecule has 0 saturated carbocycles. The molecule has 2 heterocycles. The average molecular weight is 624 g/mol. The number of fused-ring (bicyclic) bond motifs is 2. The van der Waals surface area contributed by atoms with Crippen LogP contribution in [0.3, 0.4) is 0 Å². The van der Waals surface area contributed by atoms with Crippen molar-refractivity contribution in [1.82, 2.24) is 4.98 Å². The smallest absolute Gasteiger partial charge is 0.339 e. The fourth-order valence-corrected chi connectivity index (χ4v) is 6.21. The highest BCUT2D eigenvalue weighted by Crippen LogP contribution is 2.38. The van der Waals surface area contributed by atoms with Crippen molar-refractivity contribution in [3.63, 3.8) is 0 Å². The van der Waals surface area contributed by atoms with Crippen LogP contribution in [0.4, 0.5) is 5.69 Å². The van der Waals surface area contributed by atoms with Gasteiger partial charge in [-0.1, -0.05) is 70.0 Å². The van der Waals surface area contributed by atoms with Crippen LogP contribution in [0.1, 0.15) is 44.7 Å². The lowest BCUT2D eigenvalue weighted by Crippen LogP contribution is -2.30. The molecule has 1 aliphatic heterocycles. The summed E-state index contributed by atoms with van der Waals surface area (Å²) in [6.45, 7) is 3.45. The summed E-state index contributed by atoms with van der Waals surface area (Å²) in [6.07, 6.45) is 5.09. The number of carbonyl (C=O) groups is 4. The molecule has 1 saturated heterocycles. The molecule has 8 heteroatoms. The summed E-state index contributed by atoms with van der Waals surface area (Å²) in [4.78, 5) is 58.2. The van der Waals surface area contributed by atoms with Crippen LogP contribution in [-0.4, -0.2) is 35.2 Å². The number of benzene rings is 3. The maximum atomic E-state index is 13.4. The number of allylic oxidation sites excluding steroid dienone is 2. The number of hydrogen-bond acceptors (Lipinski definition) is 6. The zero-order valence-corrected chi connectivity index (χ0v) is 24.7. The number of aromatic nitrogens is 1. The number of rotatable bonds is 6. The third-order valence-electron chi connectivity index (χ3n) is 7.93. The Morgan fingerprint density at radius 3 is 2.19 bits per heavy atom. The van der Waals surface area contributed by atoms with Crippen LogP contribution in [0.25, 0.3) is 22.2 Å². The minimum Gasteiger partial charge on any atom is -0.454 e. The van der Waals surface area contributed by atoms with Crippen LogP contribution in [-0.2, 0) is 14.3 Å². The molecule has 2 unspecified atom stereocenters. The third kappa shape index (κ3) is 5.07.